The Hall–Kier alpha value is -0.870. The SMILES string of the molecule is CCOC(C1CCCCC1)C(O)c1cnn(C)c1. The minimum Gasteiger partial charge on any atom is -0.386 e. The number of hydrogen-bond donors (Lipinski definition) is 1. The third-order valence-corrected chi connectivity index (χ3v) is 3.85. The smallest absolute Gasteiger partial charge is 0.108 e. The summed E-state index contributed by atoms with van der Waals surface area (Å²) in [7, 11) is 1.87. The van der Waals surface area contributed by atoms with Crippen molar-refractivity contribution >= 4 is 0 Å². The van der Waals surface area contributed by atoms with Crippen LogP contribution in [0.5, 0.6) is 0 Å². The van der Waals surface area contributed by atoms with E-state index in [9.17, 15) is 5.11 Å². The summed E-state index contributed by atoms with van der Waals surface area (Å²) < 4.78 is 7.54. The Morgan fingerprint density at radius 2 is 2.17 bits per heavy atom. The molecule has 2 rings (SSSR count). The molecule has 4 nitrogen and oxygen atoms in total. The van der Waals surface area contributed by atoms with Gasteiger partial charge in [0.2, 0.25) is 0 Å². The first-order valence-corrected chi connectivity index (χ1v) is 7.00. The minimum atomic E-state index is -0.554. The summed E-state index contributed by atoms with van der Waals surface area (Å²) in [6.07, 6.45) is 9.14. The van der Waals surface area contributed by atoms with Gasteiger partial charge >= 0.3 is 0 Å². The van der Waals surface area contributed by atoms with Gasteiger partial charge in [0.1, 0.15) is 6.10 Å². The van der Waals surface area contributed by atoms with Crippen LogP contribution in [0.25, 0.3) is 0 Å². The van der Waals surface area contributed by atoms with Crippen molar-refractivity contribution in [1.82, 2.24) is 9.78 Å². The van der Waals surface area contributed by atoms with Crippen molar-refractivity contribution in [3.8, 4) is 0 Å². The quantitative estimate of drug-likeness (QED) is 0.875. The predicted molar refractivity (Wildman–Crippen MR) is 70.2 cm³/mol. The molecule has 1 aromatic heterocycles. The first kappa shape index (κ1) is 13.6. The number of rotatable bonds is 5. The molecule has 0 bridgehead atoms. The van der Waals surface area contributed by atoms with Crippen molar-refractivity contribution in [2.45, 2.75) is 51.2 Å². The van der Waals surface area contributed by atoms with Gasteiger partial charge in [0.05, 0.1) is 12.3 Å². The van der Waals surface area contributed by atoms with E-state index >= 15 is 0 Å². The normalized spacial score (nSPS) is 20.8. The highest BCUT2D eigenvalue weighted by Gasteiger charge is 2.31. The molecule has 102 valence electrons. The van der Waals surface area contributed by atoms with Crippen molar-refractivity contribution in [2.24, 2.45) is 13.0 Å². The fourth-order valence-corrected chi connectivity index (χ4v) is 2.92. The van der Waals surface area contributed by atoms with Crippen LogP contribution in [0.2, 0.25) is 0 Å². The Labute approximate surface area is 109 Å². The maximum atomic E-state index is 10.5. The molecule has 1 saturated carbocycles. The van der Waals surface area contributed by atoms with Crippen molar-refractivity contribution in [1.29, 1.82) is 0 Å². The van der Waals surface area contributed by atoms with E-state index in [1.54, 1.807) is 10.9 Å². The fourth-order valence-electron chi connectivity index (χ4n) is 2.92. The average molecular weight is 252 g/mol. The van der Waals surface area contributed by atoms with Crippen LogP contribution in [-0.2, 0) is 11.8 Å². The third-order valence-electron chi connectivity index (χ3n) is 3.85. The molecule has 1 heterocycles. The van der Waals surface area contributed by atoms with Crippen molar-refractivity contribution in [3.63, 3.8) is 0 Å². The Morgan fingerprint density at radius 1 is 1.44 bits per heavy atom. The summed E-state index contributed by atoms with van der Waals surface area (Å²) in [5.74, 6) is 0.480. The molecule has 0 radical (unpaired) electrons. The van der Waals surface area contributed by atoms with Gasteiger partial charge < -0.3 is 9.84 Å². The maximum Gasteiger partial charge on any atom is 0.108 e. The molecule has 1 aliphatic carbocycles. The van der Waals surface area contributed by atoms with E-state index in [1.165, 1.54) is 32.1 Å². The molecule has 1 aromatic rings. The molecule has 4 heteroatoms. The lowest BCUT2D eigenvalue weighted by Gasteiger charge is -2.32. The summed E-state index contributed by atoms with van der Waals surface area (Å²) in [6, 6.07) is 0. The van der Waals surface area contributed by atoms with Gasteiger partial charge in [-0.2, -0.15) is 5.10 Å². The number of nitrogens with zero attached hydrogens (tertiary/aromatic N) is 2. The van der Waals surface area contributed by atoms with E-state index in [2.05, 4.69) is 5.10 Å². The monoisotopic (exact) mass is 252 g/mol. The molecule has 1 aliphatic rings. The average Bonchev–Trinajstić information content (AvgIpc) is 2.83. The lowest BCUT2D eigenvalue weighted by molar-refractivity contribution is -0.0739. The molecular formula is C14H24N2O2. The Kier molecular flexibility index (Phi) is 4.78. The van der Waals surface area contributed by atoms with Crippen molar-refractivity contribution in [2.75, 3.05) is 6.61 Å². The van der Waals surface area contributed by atoms with Gasteiger partial charge in [-0.05, 0) is 25.7 Å². The molecule has 18 heavy (non-hydrogen) atoms. The first-order chi connectivity index (χ1) is 8.72. The van der Waals surface area contributed by atoms with E-state index < -0.39 is 6.10 Å². The first-order valence-electron chi connectivity index (χ1n) is 7.00. The molecule has 0 aromatic carbocycles. The van der Waals surface area contributed by atoms with Crippen LogP contribution in [0.3, 0.4) is 0 Å². The molecule has 0 aliphatic heterocycles. The van der Waals surface area contributed by atoms with E-state index in [0.29, 0.717) is 12.5 Å². The number of aliphatic hydroxyl groups excluding tert-OH is 1. The van der Waals surface area contributed by atoms with Gasteiger partial charge in [-0.3, -0.25) is 4.68 Å². The van der Waals surface area contributed by atoms with Crippen LogP contribution in [0.15, 0.2) is 12.4 Å². The molecule has 0 amide bonds. The standard InChI is InChI=1S/C14H24N2O2/c1-3-18-14(11-7-5-4-6-8-11)13(17)12-9-15-16(2)10-12/h9-11,13-14,17H,3-8H2,1-2H3. The summed E-state index contributed by atoms with van der Waals surface area (Å²) in [5, 5.41) is 14.6. The van der Waals surface area contributed by atoms with Crippen LogP contribution in [0.1, 0.15) is 50.7 Å². The van der Waals surface area contributed by atoms with Gasteiger partial charge in [0.25, 0.3) is 0 Å². The van der Waals surface area contributed by atoms with Crippen LogP contribution < -0.4 is 0 Å². The summed E-state index contributed by atoms with van der Waals surface area (Å²) in [5.41, 5.74) is 0.863. The van der Waals surface area contributed by atoms with Gasteiger partial charge in [-0.25, -0.2) is 0 Å². The zero-order valence-corrected chi connectivity index (χ0v) is 11.4. The Balaban J connectivity index is 2.08. The molecule has 0 saturated heterocycles. The second kappa shape index (κ2) is 6.34. The topological polar surface area (TPSA) is 47.3 Å². The van der Waals surface area contributed by atoms with E-state index in [-0.39, 0.29) is 6.10 Å². The molecule has 1 N–H and O–H groups in total. The summed E-state index contributed by atoms with van der Waals surface area (Å²) in [4.78, 5) is 0. The highest BCUT2D eigenvalue weighted by atomic mass is 16.5. The lowest BCUT2D eigenvalue weighted by atomic mass is 9.82. The number of aromatic nitrogens is 2. The second-order valence-corrected chi connectivity index (χ2v) is 5.21. The highest BCUT2D eigenvalue weighted by molar-refractivity contribution is 5.10. The Bertz CT molecular complexity index is 358. The molecule has 1 fully saturated rings. The van der Waals surface area contributed by atoms with E-state index in [4.69, 9.17) is 4.74 Å². The van der Waals surface area contributed by atoms with Gasteiger partial charge in [0, 0.05) is 25.4 Å². The fraction of sp³-hybridized carbons (Fsp3) is 0.786. The predicted octanol–water partition coefficient (Wildman–Crippen LogP) is 2.44. The number of aliphatic hydroxyl groups is 1. The highest BCUT2D eigenvalue weighted by Crippen LogP contribution is 2.34. The van der Waals surface area contributed by atoms with Crippen LogP contribution >= 0.6 is 0 Å². The summed E-state index contributed by atoms with van der Waals surface area (Å²) >= 11 is 0. The third kappa shape index (κ3) is 3.12. The maximum absolute atomic E-state index is 10.5. The zero-order valence-electron chi connectivity index (χ0n) is 11.4. The Morgan fingerprint density at radius 3 is 2.72 bits per heavy atom. The lowest BCUT2D eigenvalue weighted by Crippen LogP contribution is -2.32. The van der Waals surface area contributed by atoms with E-state index in [1.807, 2.05) is 20.2 Å². The van der Waals surface area contributed by atoms with Gasteiger partial charge in [0.15, 0.2) is 0 Å². The zero-order chi connectivity index (χ0) is 13.0. The largest absolute Gasteiger partial charge is 0.386 e. The van der Waals surface area contributed by atoms with Gasteiger partial charge in [-0.1, -0.05) is 19.3 Å². The van der Waals surface area contributed by atoms with Crippen LogP contribution in [0, 0.1) is 5.92 Å². The second-order valence-electron chi connectivity index (χ2n) is 5.21. The van der Waals surface area contributed by atoms with Gasteiger partial charge in [-0.15, -0.1) is 0 Å². The number of aryl methyl sites for hydroxylation is 1. The number of hydrogen-bond acceptors (Lipinski definition) is 3. The minimum absolute atomic E-state index is 0.0838. The summed E-state index contributed by atoms with van der Waals surface area (Å²) in [6.45, 7) is 2.64. The molecule has 2 unspecified atom stereocenters. The van der Waals surface area contributed by atoms with Crippen LogP contribution in [0.4, 0.5) is 0 Å². The molecular weight excluding hydrogens is 228 g/mol. The molecule has 0 spiro atoms. The van der Waals surface area contributed by atoms with Crippen LogP contribution in [-0.4, -0.2) is 27.6 Å². The van der Waals surface area contributed by atoms with E-state index in [0.717, 1.165) is 5.56 Å². The van der Waals surface area contributed by atoms with Crippen molar-refractivity contribution < 1.29 is 9.84 Å². The van der Waals surface area contributed by atoms with Crippen molar-refractivity contribution in [3.05, 3.63) is 18.0 Å². The number of ether oxygens (including phenoxy) is 1. The molecule has 2 atom stereocenters.